The Morgan fingerprint density at radius 3 is 2.29 bits per heavy atom. The Kier molecular flexibility index (Phi) is 3.24. The summed E-state index contributed by atoms with van der Waals surface area (Å²) in [6, 6.07) is 0.514. The average Bonchev–Trinajstić information content (AvgIpc) is 2.18. The SMILES string of the molecule is OC/C=C/c1cc(F)c(F)c(F)c1F. The van der Waals surface area contributed by atoms with Gasteiger partial charge in [0.15, 0.2) is 23.3 Å². The number of rotatable bonds is 2. The van der Waals surface area contributed by atoms with Crippen molar-refractivity contribution in [2.75, 3.05) is 6.61 Å². The van der Waals surface area contributed by atoms with Crippen molar-refractivity contribution in [2.24, 2.45) is 0 Å². The van der Waals surface area contributed by atoms with E-state index >= 15 is 0 Å². The molecule has 0 fully saturated rings. The molecule has 0 unspecified atom stereocenters. The fourth-order valence-corrected chi connectivity index (χ4v) is 0.892. The van der Waals surface area contributed by atoms with Crippen molar-refractivity contribution in [3.63, 3.8) is 0 Å². The molecule has 0 atom stereocenters. The number of hydrogen-bond acceptors (Lipinski definition) is 1. The highest BCUT2D eigenvalue weighted by atomic mass is 19.2. The molecule has 0 saturated carbocycles. The van der Waals surface area contributed by atoms with Crippen LogP contribution >= 0.6 is 0 Å². The van der Waals surface area contributed by atoms with Gasteiger partial charge in [-0.2, -0.15) is 0 Å². The quantitative estimate of drug-likeness (QED) is 0.447. The van der Waals surface area contributed by atoms with E-state index in [2.05, 4.69) is 0 Å². The van der Waals surface area contributed by atoms with E-state index in [0.717, 1.165) is 12.2 Å². The number of benzene rings is 1. The minimum absolute atomic E-state index is 0.403. The molecule has 0 aromatic heterocycles. The van der Waals surface area contributed by atoms with E-state index in [1.807, 2.05) is 0 Å². The number of halogens is 4. The zero-order chi connectivity index (χ0) is 10.7. The van der Waals surface area contributed by atoms with Crippen molar-refractivity contribution in [1.29, 1.82) is 0 Å². The third kappa shape index (κ3) is 1.93. The Balaban J connectivity index is 3.26. The molecular weight excluding hydrogens is 200 g/mol. The van der Waals surface area contributed by atoms with Gasteiger partial charge in [0, 0.05) is 5.56 Å². The molecule has 0 aliphatic carbocycles. The summed E-state index contributed by atoms with van der Waals surface area (Å²) in [6.45, 7) is -0.403. The summed E-state index contributed by atoms with van der Waals surface area (Å²) in [5.41, 5.74) is -0.449. The van der Waals surface area contributed by atoms with Crippen LogP contribution in [0.5, 0.6) is 0 Å². The van der Waals surface area contributed by atoms with Gasteiger partial charge in [-0.15, -0.1) is 0 Å². The van der Waals surface area contributed by atoms with E-state index in [1.54, 1.807) is 0 Å². The minimum atomic E-state index is -1.86. The van der Waals surface area contributed by atoms with Crippen molar-refractivity contribution in [2.45, 2.75) is 0 Å². The summed E-state index contributed by atoms with van der Waals surface area (Å²) in [7, 11) is 0. The second-order valence-electron chi connectivity index (χ2n) is 2.47. The first kappa shape index (κ1) is 10.7. The molecular formula is C9H6F4O. The van der Waals surface area contributed by atoms with Gasteiger partial charge in [-0.25, -0.2) is 17.6 Å². The molecule has 1 rings (SSSR count). The smallest absolute Gasteiger partial charge is 0.198 e. The Hall–Kier alpha value is -1.36. The van der Waals surface area contributed by atoms with Crippen molar-refractivity contribution in [1.82, 2.24) is 0 Å². The zero-order valence-electron chi connectivity index (χ0n) is 6.90. The summed E-state index contributed by atoms with van der Waals surface area (Å²) >= 11 is 0. The first-order valence-electron chi connectivity index (χ1n) is 3.68. The largest absolute Gasteiger partial charge is 0.392 e. The van der Waals surface area contributed by atoms with Crippen LogP contribution in [0.4, 0.5) is 17.6 Å². The normalized spacial score (nSPS) is 11.2. The van der Waals surface area contributed by atoms with E-state index in [1.165, 1.54) is 0 Å². The highest BCUT2D eigenvalue weighted by molar-refractivity contribution is 5.50. The number of hydrogen-bond donors (Lipinski definition) is 1. The van der Waals surface area contributed by atoms with Crippen LogP contribution < -0.4 is 0 Å². The topological polar surface area (TPSA) is 20.2 Å². The average molecular weight is 206 g/mol. The fraction of sp³-hybridized carbons (Fsp3) is 0.111. The van der Waals surface area contributed by atoms with Gasteiger partial charge in [0.05, 0.1) is 6.61 Å². The van der Waals surface area contributed by atoms with Crippen LogP contribution in [0.3, 0.4) is 0 Å². The maximum atomic E-state index is 12.9. The maximum absolute atomic E-state index is 12.9. The van der Waals surface area contributed by atoms with E-state index in [-0.39, 0.29) is 0 Å². The van der Waals surface area contributed by atoms with Crippen LogP contribution in [0.15, 0.2) is 12.1 Å². The van der Waals surface area contributed by atoms with Crippen LogP contribution in [0.1, 0.15) is 5.56 Å². The number of aliphatic hydroxyl groups excluding tert-OH is 1. The van der Waals surface area contributed by atoms with Crippen LogP contribution in [-0.4, -0.2) is 11.7 Å². The second-order valence-corrected chi connectivity index (χ2v) is 2.47. The van der Waals surface area contributed by atoms with Crippen LogP contribution in [0, 0.1) is 23.3 Å². The summed E-state index contributed by atoms with van der Waals surface area (Å²) in [5.74, 6) is -6.65. The summed E-state index contributed by atoms with van der Waals surface area (Å²) in [4.78, 5) is 0. The van der Waals surface area contributed by atoms with Gasteiger partial charge in [-0.05, 0) is 6.07 Å². The van der Waals surface area contributed by atoms with Gasteiger partial charge in [0.2, 0.25) is 0 Å². The Morgan fingerprint density at radius 1 is 1.07 bits per heavy atom. The number of aliphatic hydroxyl groups is 1. The molecule has 0 aliphatic heterocycles. The maximum Gasteiger partial charge on any atom is 0.198 e. The van der Waals surface area contributed by atoms with Gasteiger partial charge in [-0.1, -0.05) is 12.2 Å². The van der Waals surface area contributed by atoms with Crippen molar-refractivity contribution >= 4 is 6.08 Å². The van der Waals surface area contributed by atoms with Crippen molar-refractivity contribution in [3.05, 3.63) is 41.0 Å². The Bertz CT molecular complexity index is 374. The predicted octanol–water partition coefficient (Wildman–Crippen LogP) is 2.25. The van der Waals surface area contributed by atoms with Gasteiger partial charge < -0.3 is 5.11 Å². The van der Waals surface area contributed by atoms with E-state index in [4.69, 9.17) is 5.11 Å². The van der Waals surface area contributed by atoms with E-state index in [0.29, 0.717) is 6.07 Å². The third-order valence-electron chi connectivity index (χ3n) is 1.53. The molecule has 76 valence electrons. The first-order valence-corrected chi connectivity index (χ1v) is 3.68. The molecule has 14 heavy (non-hydrogen) atoms. The lowest BCUT2D eigenvalue weighted by molar-refractivity contribution is 0.343. The van der Waals surface area contributed by atoms with E-state index < -0.39 is 35.4 Å². The van der Waals surface area contributed by atoms with Gasteiger partial charge >= 0.3 is 0 Å². The van der Waals surface area contributed by atoms with Crippen molar-refractivity contribution < 1.29 is 22.7 Å². The molecule has 0 saturated heterocycles. The predicted molar refractivity (Wildman–Crippen MR) is 42.4 cm³/mol. The monoisotopic (exact) mass is 206 g/mol. The Morgan fingerprint density at radius 2 is 1.71 bits per heavy atom. The Labute approximate surface area is 77.3 Å². The molecule has 1 nitrogen and oxygen atoms in total. The molecule has 1 aromatic rings. The first-order chi connectivity index (χ1) is 6.57. The molecule has 1 N–H and O–H groups in total. The van der Waals surface area contributed by atoms with Crippen LogP contribution in [-0.2, 0) is 0 Å². The minimum Gasteiger partial charge on any atom is -0.392 e. The fourth-order valence-electron chi connectivity index (χ4n) is 0.892. The molecule has 0 aliphatic rings. The zero-order valence-corrected chi connectivity index (χ0v) is 6.90. The molecule has 0 spiro atoms. The summed E-state index contributed by atoms with van der Waals surface area (Å²) < 4.78 is 50.4. The molecule has 0 amide bonds. The lowest BCUT2D eigenvalue weighted by Crippen LogP contribution is -1.98. The molecule has 0 heterocycles. The lowest BCUT2D eigenvalue weighted by atomic mass is 10.1. The highest BCUT2D eigenvalue weighted by Gasteiger charge is 2.16. The summed E-state index contributed by atoms with van der Waals surface area (Å²) in [5, 5.41) is 8.34. The second kappa shape index (κ2) is 4.23. The lowest BCUT2D eigenvalue weighted by Gasteiger charge is -2.00. The molecule has 5 heteroatoms. The molecule has 0 bridgehead atoms. The van der Waals surface area contributed by atoms with Crippen LogP contribution in [0.25, 0.3) is 6.08 Å². The molecule has 1 aromatic carbocycles. The van der Waals surface area contributed by atoms with Crippen LogP contribution in [0.2, 0.25) is 0 Å². The standard InChI is InChI=1S/C9H6F4O/c10-6-4-5(2-1-3-14)7(11)9(13)8(6)12/h1-2,4,14H,3H2/b2-1+. The van der Waals surface area contributed by atoms with E-state index in [9.17, 15) is 17.6 Å². The summed E-state index contributed by atoms with van der Waals surface area (Å²) in [6.07, 6.45) is 2.04. The molecule has 0 radical (unpaired) electrons. The van der Waals surface area contributed by atoms with Gasteiger partial charge in [0.1, 0.15) is 0 Å². The van der Waals surface area contributed by atoms with Gasteiger partial charge in [0.25, 0.3) is 0 Å². The van der Waals surface area contributed by atoms with Crippen molar-refractivity contribution in [3.8, 4) is 0 Å². The third-order valence-corrected chi connectivity index (χ3v) is 1.53. The van der Waals surface area contributed by atoms with Gasteiger partial charge in [-0.3, -0.25) is 0 Å². The highest BCUT2D eigenvalue weighted by Crippen LogP contribution is 2.19.